The SMILES string of the molecule is Cl.O=C(NCC1CNC1)c1ccc(COc2ccccc2)cc1. The first-order valence-corrected chi connectivity index (χ1v) is 7.57. The van der Waals surface area contributed by atoms with Crippen LogP contribution in [0.2, 0.25) is 0 Å². The molecule has 0 aromatic heterocycles. The number of carbonyl (C=O) groups excluding carboxylic acids is 1. The van der Waals surface area contributed by atoms with Crippen LogP contribution in [0.4, 0.5) is 0 Å². The molecular weight excluding hydrogens is 312 g/mol. The molecule has 23 heavy (non-hydrogen) atoms. The molecule has 1 fully saturated rings. The Morgan fingerprint density at radius 1 is 1.09 bits per heavy atom. The minimum atomic E-state index is -0.0116. The summed E-state index contributed by atoms with van der Waals surface area (Å²) < 4.78 is 5.69. The fourth-order valence-electron chi connectivity index (χ4n) is 2.27. The first kappa shape index (κ1) is 17.3. The quantitative estimate of drug-likeness (QED) is 0.855. The van der Waals surface area contributed by atoms with Gasteiger partial charge in [-0.25, -0.2) is 0 Å². The molecule has 0 atom stereocenters. The van der Waals surface area contributed by atoms with Crippen molar-refractivity contribution < 1.29 is 9.53 Å². The Labute approximate surface area is 142 Å². The van der Waals surface area contributed by atoms with Crippen LogP contribution in [-0.4, -0.2) is 25.5 Å². The van der Waals surface area contributed by atoms with Crippen LogP contribution in [0, 0.1) is 5.92 Å². The average Bonchev–Trinajstić information content (AvgIpc) is 2.53. The maximum Gasteiger partial charge on any atom is 0.251 e. The predicted molar refractivity (Wildman–Crippen MR) is 93.2 cm³/mol. The summed E-state index contributed by atoms with van der Waals surface area (Å²) in [5.74, 6) is 1.41. The van der Waals surface area contributed by atoms with E-state index >= 15 is 0 Å². The molecule has 3 rings (SSSR count). The number of hydrogen-bond donors (Lipinski definition) is 2. The van der Waals surface area contributed by atoms with E-state index in [1.165, 1.54) is 0 Å². The molecule has 0 saturated carbocycles. The van der Waals surface area contributed by atoms with Crippen molar-refractivity contribution in [2.24, 2.45) is 5.92 Å². The maximum atomic E-state index is 12.0. The average molecular weight is 333 g/mol. The number of rotatable bonds is 6. The van der Waals surface area contributed by atoms with Crippen LogP contribution in [0.1, 0.15) is 15.9 Å². The zero-order chi connectivity index (χ0) is 15.2. The zero-order valence-electron chi connectivity index (χ0n) is 12.8. The van der Waals surface area contributed by atoms with Gasteiger partial charge in [0, 0.05) is 31.1 Å². The molecule has 0 spiro atoms. The van der Waals surface area contributed by atoms with Crippen molar-refractivity contribution in [2.45, 2.75) is 6.61 Å². The summed E-state index contributed by atoms with van der Waals surface area (Å²) in [4.78, 5) is 12.0. The van der Waals surface area contributed by atoms with Crippen molar-refractivity contribution >= 4 is 18.3 Å². The van der Waals surface area contributed by atoms with E-state index in [1.807, 2.05) is 54.6 Å². The van der Waals surface area contributed by atoms with Crippen LogP contribution < -0.4 is 15.4 Å². The highest BCUT2D eigenvalue weighted by Crippen LogP contribution is 2.12. The molecule has 1 saturated heterocycles. The summed E-state index contributed by atoms with van der Waals surface area (Å²) in [5.41, 5.74) is 1.74. The van der Waals surface area contributed by atoms with Crippen molar-refractivity contribution in [2.75, 3.05) is 19.6 Å². The highest BCUT2D eigenvalue weighted by molar-refractivity contribution is 5.94. The van der Waals surface area contributed by atoms with E-state index < -0.39 is 0 Å². The highest BCUT2D eigenvalue weighted by atomic mass is 35.5. The minimum absolute atomic E-state index is 0. The monoisotopic (exact) mass is 332 g/mol. The van der Waals surface area contributed by atoms with Crippen LogP contribution in [0.25, 0.3) is 0 Å². The molecule has 2 aromatic carbocycles. The molecule has 0 unspecified atom stereocenters. The second kappa shape index (κ2) is 8.56. The number of amides is 1. The second-order valence-corrected chi connectivity index (χ2v) is 5.53. The zero-order valence-corrected chi connectivity index (χ0v) is 13.6. The number of hydrogen-bond acceptors (Lipinski definition) is 3. The maximum absolute atomic E-state index is 12.0. The van der Waals surface area contributed by atoms with Crippen LogP contribution in [0.5, 0.6) is 5.75 Å². The molecule has 1 heterocycles. The molecule has 2 N–H and O–H groups in total. The van der Waals surface area contributed by atoms with E-state index in [2.05, 4.69) is 10.6 Å². The van der Waals surface area contributed by atoms with Gasteiger partial charge in [0.1, 0.15) is 12.4 Å². The summed E-state index contributed by atoms with van der Waals surface area (Å²) in [7, 11) is 0. The number of ether oxygens (including phenoxy) is 1. The molecule has 4 nitrogen and oxygen atoms in total. The molecule has 0 radical (unpaired) electrons. The Hall–Kier alpha value is -2.04. The molecule has 122 valence electrons. The first-order chi connectivity index (χ1) is 10.8. The Morgan fingerprint density at radius 3 is 2.39 bits per heavy atom. The highest BCUT2D eigenvalue weighted by Gasteiger charge is 2.17. The van der Waals surface area contributed by atoms with E-state index in [9.17, 15) is 4.79 Å². The molecule has 1 aliphatic rings. The number of carbonyl (C=O) groups is 1. The Bertz CT molecular complexity index is 613. The first-order valence-electron chi connectivity index (χ1n) is 7.57. The van der Waals surface area contributed by atoms with Gasteiger partial charge in [0.05, 0.1) is 0 Å². The van der Waals surface area contributed by atoms with Crippen molar-refractivity contribution in [3.8, 4) is 5.75 Å². The topological polar surface area (TPSA) is 50.4 Å². The van der Waals surface area contributed by atoms with E-state index in [0.717, 1.165) is 30.9 Å². The number of para-hydroxylation sites is 1. The molecule has 2 aromatic rings. The van der Waals surface area contributed by atoms with E-state index in [0.29, 0.717) is 18.1 Å². The van der Waals surface area contributed by atoms with Gasteiger partial charge in [-0.2, -0.15) is 0 Å². The van der Waals surface area contributed by atoms with Crippen LogP contribution in [0.3, 0.4) is 0 Å². The van der Waals surface area contributed by atoms with Gasteiger partial charge in [-0.15, -0.1) is 12.4 Å². The molecule has 1 aliphatic heterocycles. The summed E-state index contributed by atoms with van der Waals surface area (Å²) in [6.45, 7) is 3.23. The minimum Gasteiger partial charge on any atom is -0.489 e. The van der Waals surface area contributed by atoms with Gasteiger partial charge in [-0.05, 0) is 29.8 Å². The summed E-state index contributed by atoms with van der Waals surface area (Å²) in [6, 6.07) is 17.3. The van der Waals surface area contributed by atoms with Gasteiger partial charge in [0.2, 0.25) is 0 Å². The summed E-state index contributed by atoms with van der Waals surface area (Å²) in [6.07, 6.45) is 0. The van der Waals surface area contributed by atoms with Crippen LogP contribution in [-0.2, 0) is 6.61 Å². The lowest BCUT2D eigenvalue weighted by Gasteiger charge is -2.27. The van der Waals surface area contributed by atoms with Gasteiger partial charge in [-0.1, -0.05) is 30.3 Å². The lowest BCUT2D eigenvalue weighted by atomic mass is 10.0. The summed E-state index contributed by atoms with van der Waals surface area (Å²) >= 11 is 0. The summed E-state index contributed by atoms with van der Waals surface area (Å²) in [5, 5.41) is 6.16. The molecule has 5 heteroatoms. The van der Waals surface area contributed by atoms with Gasteiger partial charge in [0.25, 0.3) is 5.91 Å². The predicted octanol–water partition coefficient (Wildman–Crippen LogP) is 2.64. The third-order valence-corrected chi connectivity index (χ3v) is 3.78. The van der Waals surface area contributed by atoms with Crippen LogP contribution in [0.15, 0.2) is 54.6 Å². The Balaban J connectivity index is 0.00000192. The van der Waals surface area contributed by atoms with Crippen molar-refractivity contribution in [1.82, 2.24) is 10.6 Å². The lowest BCUT2D eigenvalue weighted by molar-refractivity contribution is 0.0942. The third-order valence-electron chi connectivity index (χ3n) is 3.78. The van der Waals surface area contributed by atoms with Gasteiger partial charge >= 0.3 is 0 Å². The Kier molecular flexibility index (Phi) is 6.44. The largest absolute Gasteiger partial charge is 0.489 e. The van der Waals surface area contributed by atoms with E-state index in [-0.39, 0.29) is 18.3 Å². The van der Waals surface area contributed by atoms with E-state index in [4.69, 9.17) is 4.74 Å². The Morgan fingerprint density at radius 2 is 1.78 bits per heavy atom. The molecule has 0 bridgehead atoms. The molecule has 0 aliphatic carbocycles. The second-order valence-electron chi connectivity index (χ2n) is 5.53. The smallest absolute Gasteiger partial charge is 0.251 e. The lowest BCUT2D eigenvalue weighted by Crippen LogP contribution is -2.48. The van der Waals surface area contributed by atoms with Gasteiger partial charge in [0.15, 0.2) is 0 Å². The standard InChI is InChI=1S/C18H20N2O2.ClH/c21-18(20-12-15-10-19-11-15)16-8-6-14(7-9-16)13-22-17-4-2-1-3-5-17;/h1-9,15,19H,10-13H2,(H,20,21);1H. The van der Waals surface area contributed by atoms with Crippen molar-refractivity contribution in [3.63, 3.8) is 0 Å². The molecule has 1 amide bonds. The van der Waals surface area contributed by atoms with Crippen LogP contribution >= 0.6 is 12.4 Å². The normalized spacial score (nSPS) is 13.6. The third kappa shape index (κ3) is 4.98. The number of nitrogens with one attached hydrogen (secondary N) is 2. The number of benzene rings is 2. The van der Waals surface area contributed by atoms with Gasteiger partial charge < -0.3 is 15.4 Å². The van der Waals surface area contributed by atoms with Gasteiger partial charge in [-0.3, -0.25) is 4.79 Å². The van der Waals surface area contributed by atoms with E-state index in [1.54, 1.807) is 0 Å². The number of halogens is 1. The fraction of sp³-hybridized carbons (Fsp3) is 0.278. The van der Waals surface area contributed by atoms with Crippen molar-refractivity contribution in [1.29, 1.82) is 0 Å². The molecular formula is C18H21ClN2O2. The van der Waals surface area contributed by atoms with Crippen molar-refractivity contribution in [3.05, 3.63) is 65.7 Å². The fourth-order valence-corrected chi connectivity index (χ4v) is 2.27.